The number of nitro benzene ring substituents is 1. The third-order valence-corrected chi connectivity index (χ3v) is 2.83. The molecule has 3 N–H and O–H groups in total. The van der Waals surface area contributed by atoms with E-state index in [0.717, 1.165) is 0 Å². The summed E-state index contributed by atoms with van der Waals surface area (Å²) >= 11 is 0. The number of carbonyl (C=O) groups excluding carboxylic acids is 1. The lowest BCUT2D eigenvalue weighted by atomic mass is 10.2. The maximum Gasteiger partial charge on any atom is 0.272 e. The van der Waals surface area contributed by atoms with Crippen LogP contribution >= 0.6 is 0 Å². The van der Waals surface area contributed by atoms with E-state index in [4.69, 9.17) is 5.73 Å². The Morgan fingerprint density at radius 2 is 2.29 bits per heavy atom. The lowest BCUT2D eigenvalue weighted by Gasteiger charge is -2.02. The number of aromatic nitrogens is 3. The molecule has 0 unspecified atom stereocenters. The van der Waals surface area contributed by atoms with Crippen molar-refractivity contribution in [3.63, 3.8) is 0 Å². The highest BCUT2D eigenvalue weighted by Crippen LogP contribution is 2.20. The summed E-state index contributed by atoms with van der Waals surface area (Å²) in [6.07, 6.45) is 1.64. The van der Waals surface area contributed by atoms with Crippen molar-refractivity contribution < 1.29 is 9.72 Å². The van der Waals surface area contributed by atoms with E-state index in [1.165, 1.54) is 10.7 Å². The van der Waals surface area contributed by atoms with Gasteiger partial charge in [0.15, 0.2) is 0 Å². The molecule has 21 heavy (non-hydrogen) atoms. The second-order valence-electron chi connectivity index (χ2n) is 4.36. The van der Waals surface area contributed by atoms with Gasteiger partial charge in [-0.2, -0.15) is 0 Å². The first kappa shape index (κ1) is 14.6. The first-order chi connectivity index (χ1) is 10.0. The zero-order chi connectivity index (χ0) is 15.4. The van der Waals surface area contributed by atoms with Crippen LogP contribution in [0.1, 0.15) is 11.3 Å². The summed E-state index contributed by atoms with van der Waals surface area (Å²) in [7, 11) is 0. The Balaban J connectivity index is 2.16. The van der Waals surface area contributed by atoms with E-state index in [2.05, 4.69) is 15.6 Å². The molecule has 1 heterocycles. The number of nitro groups is 1. The normalized spacial score (nSPS) is 10.4. The molecule has 1 amide bonds. The van der Waals surface area contributed by atoms with Crippen LogP contribution in [0.25, 0.3) is 5.69 Å². The molecule has 2 rings (SSSR count). The Labute approximate surface area is 119 Å². The molecule has 0 aliphatic heterocycles. The first-order valence-electron chi connectivity index (χ1n) is 6.14. The van der Waals surface area contributed by atoms with Gasteiger partial charge in [0.05, 0.1) is 29.9 Å². The Morgan fingerprint density at radius 1 is 1.52 bits per heavy atom. The highest BCUT2D eigenvalue weighted by Gasteiger charge is 2.12. The smallest absolute Gasteiger partial charge is 0.272 e. The van der Waals surface area contributed by atoms with Crippen molar-refractivity contribution in [2.75, 3.05) is 6.54 Å². The second-order valence-corrected chi connectivity index (χ2v) is 4.36. The molecular weight excluding hydrogens is 276 g/mol. The average Bonchev–Trinajstić information content (AvgIpc) is 2.93. The Hall–Kier alpha value is -2.81. The number of amides is 1. The van der Waals surface area contributed by atoms with E-state index in [1.807, 2.05) is 0 Å². The number of aryl methyl sites for hydroxylation is 1. The molecule has 9 heteroatoms. The first-order valence-corrected chi connectivity index (χ1v) is 6.14. The number of nitrogens with zero attached hydrogens (tertiary/aromatic N) is 4. The number of nitrogens with two attached hydrogens (primary N) is 1. The van der Waals surface area contributed by atoms with E-state index < -0.39 is 4.92 Å². The van der Waals surface area contributed by atoms with Crippen LogP contribution in [0.15, 0.2) is 24.4 Å². The fourth-order valence-corrected chi connectivity index (χ4v) is 1.75. The van der Waals surface area contributed by atoms with Crippen LogP contribution in [-0.4, -0.2) is 32.4 Å². The van der Waals surface area contributed by atoms with Crippen molar-refractivity contribution in [1.29, 1.82) is 0 Å². The van der Waals surface area contributed by atoms with Crippen LogP contribution in [0, 0.1) is 17.0 Å². The van der Waals surface area contributed by atoms with Crippen molar-refractivity contribution in [1.82, 2.24) is 20.3 Å². The van der Waals surface area contributed by atoms with Gasteiger partial charge in [-0.25, -0.2) is 4.68 Å². The number of hydrogen-bond acceptors (Lipinski definition) is 6. The monoisotopic (exact) mass is 290 g/mol. The Morgan fingerprint density at radius 3 is 2.90 bits per heavy atom. The number of rotatable bonds is 5. The van der Waals surface area contributed by atoms with Gasteiger partial charge in [-0.1, -0.05) is 5.21 Å². The lowest BCUT2D eigenvalue weighted by molar-refractivity contribution is -0.385. The van der Waals surface area contributed by atoms with E-state index in [1.54, 1.807) is 25.3 Å². The van der Waals surface area contributed by atoms with Crippen molar-refractivity contribution in [2.45, 2.75) is 13.5 Å². The lowest BCUT2D eigenvalue weighted by Crippen LogP contribution is -2.29. The summed E-state index contributed by atoms with van der Waals surface area (Å²) in [5.74, 6) is -0.282. The van der Waals surface area contributed by atoms with Crippen molar-refractivity contribution in [3.8, 4) is 5.69 Å². The fourth-order valence-electron chi connectivity index (χ4n) is 1.75. The Kier molecular flexibility index (Phi) is 4.24. The molecule has 1 aromatic carbocycles. The summed E-state index contributed by atoms with van der Waals surface area (Å²) in [6, 6.07) is 4.65. The van der Waals surface area contributed by atoms with Gasteiger partial charge in [0.25, 0.3) is 5.69 Å². The molecule has 0 saturated heterocycles. The summed E-state index contributed by atoms with van der Waals surface area (Å²) in [5, 5.41) is 21.2. The predicted octanol–water partition coefficient (Wildman–Crippen LogP) is 0.0588. The molecule has 0 aliphatic carbocycles. The van der Waals surface area contributed by atoms with Crippen LogP contribution in [0.4, 0.5) is 5.69 Å². The zero-order valence-electron chi connectivity index (χ0n) is 11.3. The minimum Gasteiger partial charge on any atom is -0.349 e. The minimum atomic E-state index is -0.436. The van der Waals surface area contributed by atoms with Crippen molar-refractivity contribution >= 4 is 11.6 Å². The zero-order valence-corrected chi connectivity index (χ0v) is 11.3. The van der Waals surface area contributed by atoms with Crippen LogP contribution in [-0.2, 0) is 11.3 Å². The molecule has 0 atom stereocenters. The molecule has 0 radical (unpaired) electrons. The SMILES string of the molecule is Cc1cc(-n2cc(CNC(=O)CN)nn2)ccc1[N+](=O)[O-]. The van der Waals surface area contributed by atoms with Gasteiger partial charge < -0.3 is 11.1 Å². The van der Waals surface area contributed by atoms with Gasteiger partial charge in [0.2, 0.25) is 5.91 Å². The van der Waals surface area contributed by atoms with Crippen molar-refractivity contribution in [2.24, 2.45) is 5.73 Å². The molecule has 0 saturated carbocycles. The molecular formula is C12H14N6O3. The van der Waals surface area contributed by atoms with Crippen LogP contribution in [0.5, 0.6) is 0 Å². The van der Waals surface area contributed by atoms with Gasteiger partial charge in [-0.15, -0.1) is 5.10 Å². The van der Waals surface area contributed by atoms with Crippen LogP contribution in [0.3, 0.4) is 0 Å². The summed E-state index contributed by atoms with van der Waals surface area (Å²) in [5.41, 5.74) is 6.98. The van der Waals surface area contributed by atoms with E-state index in [-0.39, 0.29) is 24.7 Å². The number of benzene rings is 1. The molecule has 0 bridgehead atoms. The van der Waals surface area contributed by atoms with Gasteiger partial charge in [0.1, 0.15) is 5.69 Å². The third-order valence-electron chi connectivity index (χ3n) is 2.83. The van der Waals surface area contributed by atoms with Crippen molar-refractivity contribution in [3.05, 3.63) is 45.8 Å². The minimum absolute atomic E-state index is 0.0503. The van der Waals surface area contributed by atoms with E-state index in [9.17, 15) is 14.9 Å². The quantitative estimate of drug-likeness (QED) is 0.591. The number of nitrogens with one attached hydrogen (secondary N) is 1. The summed E-state index contributed by atoms with van der Waals surface area (Å²) in [6.45, 7) is 1.79. The topological polar surface area (TPSA) is 129 Å². The van der Waals surface area contributed by atoms with Gasteiger partial charge in [-0.3, -0.25) is 14.9 Å². The summed E-state index contributed by atoms with van der Waals surface area (Å²) in [4.78, 5) is 21.4. The van der Waals surface area contributed by atoms with Gasteiger partial charge in [0, 0.05) is 11.6 Å². The fraction of sp³-hybridized carbons (Fsp3) is 0.250. The molecule has 110 valence electrons. The van der Waals surface area contributed by atoms with E-state index >= 15 is 0 Å². The maximum atomic E-state index is 11.1. The van der Waals surface area contributed by atoms with Gasteiger partial charge in [-0.05, 0) is 19.1 Å². The molecule has 0 aliphatic rings. The molecule has 1 aromatic heterocycles. The summed E-state index contributed by atoms with van der Waals surface area (Å²) < 4.78 is 1.49. The molecule has 0 fully saturated rings. The standard InChI is InChI=1S/C12H14N6O3/c1-8-4-10(2-3-11(8)18(20)21)17-7-9(15-16-17)6-14-12(19)5-13/h2-4,7H,5-6,13H2,1H3,(H,14,19). The average molecular weight is 290 g/mol. The number of carbonyl (C=O) groups is 1. The molecule has 2 aromatic rings. The largest absolute Gasteiger partial charge is 0.349 e. The molecule has 0 spiro atoms. The van der Waals surface area contributed by atoms with Crippen LogP contribution < -0.4 is 11.1 Å². The highest BCUT2D eigenvalue weighted by atomic mass is 16.6. The maximum absolute atomic E-state index is 11.1. The van der Waals surface area contributed by atoms with Crippen LogP contribution in [0.2, 0.25) is 0 Å². The Bertz CT molecular complexity index is 681. The number of hydrogen-bond donors (Lipinski definition) is 2. The second kappa shape index (κ2) is 6.09. The predicted molar refractivity (Wildman–Crippen MR) is 73.7 cm³/mol. The van der Waals surface area contributed by atoms with E-state index in [0.29, 0.717) is 16.9 Å². The third kappa shape index (κ3) is 3.39. The van der Waals surface area contributed by atoms with Gasteiger partial charge >= 0.3 is 0 Å². The highest BCUT2D eigenvalue weighted by molar-refractivity contribution is 5.77. The molecule has 9 nitrogen and oxygen atoms in total.